The van der Waals surface area contributed by atoms with Crippen LogP contribution in [-0.4, -0.2) is 23.6 Å². The summed E-state index contributed by atoms with van der Waals surface area (Å²) in [5, 5.41) is 12.3. The second-order valence-corrected chi connectivity index (χ2v) is 7.72. The van der Waals surface area contributed by atoms with E-state index in [1.54, 1.807) is 36.4 Å². The van der Waals surface area contributed by atoms with Gasteiger partial charge in [-0.1, -0.05) is 34.1 Å². The normalized spacial score (nSPS) is 11.0. The van der Waals surface area contributed by atoms with E-state index >= 15 is 0 Å². The van der Waals surface area contributed by atoms with E-state index in [4.69, 9.17) is 4.74 Å². The third kappa shape index (κ3) is 4.76. The molecule has 1 N–H and O–H groups in total. The Kier molecular flexibility index (Phi) is 6.73. The third-order valence-electron chi connectivity index (χ3n) is 4.77. The number of ether oxygens (including phenoxy) is 1. The maximum absolute atomic E-state index is 12.6. The van der Waals surface area contributed by atoms with Gasteiger partial charge in [0.15, 0.2) is 0 Å². The smallest absolute Gasteiger partial charge is 0.339 e. The molecule has 0 aliphatic rings. The number of hydrogen-bond acceptors (Lipinski definition) is 4. The summed E-state index contributed by atoms with van der Waals surface area (Å²) < 4.78 is 7.62. The number of esters is 1. The third-order valence-corrected chi connectivity index (χ3v) is 5.26. The zero-order valence-electron chi connectivity index (χ0n) is 17.3. The van der Waals surface area contributed by atoms with Crippen molar-refractivity contribution in [2.24, 2.45) is 0 Å². The van der Waals surface area contributed by atoms with Crippen LogP contribution in [0.25, 0.3) is 11.8 Å². The maximum Gasteiger partial charge on any atom is 0.339 e. The molecule has 1 amide bonds. The first-order chi connectivity index (χ1) is 14.8. The molecule has 156 valence electrons. The number of halogens is 1. The molecule has 0 spiro atoms. The Bertz CT molecular complexity index is 1240. The van der Waals surface area contributed by atoms with E-state index in [2.05, 4.69) is 21.2 Å². The lowest BCUT2D eigenvalue weighted by atomic mass is 10.1. The van der Waals surface area contributed by atoms with Crippen molar-refractivity contribution in [1.29, 1.82) is 5.26 Å². The summed E-state index contributed by atoms with van der Waals surface area (Å²) >= 11 is 3.36. The number of aryl methyl sites for hydroxylation is 1. The maximum atomic E-state index is 12.6. The van der Waals surface area contributed by atoms with Gasteiger partial charge in [0.25, 0.3) is 5.91 Å². The van der Waals surface area contributed by atoms with Crippen molar-refractivity contribution in [2.45, 2.75) is 13.8 Å². The molecule has 0 saturated carbocycles. The van der Waals surface area contributed by atoms with E-state index in [1.807, 2.05) is 48.7 Å². The first-order valence-electron chi connectivity index (χ1n) is 9.41. The monoisotopic (exact) mass is 477 g/mol. The molecule has 31 heavy (non-hydrogen) atoms. The number of carbonyl (C=O) groups is 2. The Morgan fingerprint density at radius 3 is 2.55 bits per heavy atom. The minimum absolute atomic E-state index is 0.0264. The van der Waals surface area contributed by atoms with Crippen molar-refractivity contribution < 1.29 is 14.3 Å². The number of methoxy groups -OCH3 is 1. The van der Waals surface area contributed by atoms with Crippen LogP contribution in [0.15, 0.2) is 64.6 Å². The van der Waals surface area contributed by atoms with E-state index in [1.165, 1.54) is 7.11 Å². The van der Waals surface area contributed by atoms with Crippen LogP contribution in [0.2, 0.25) is 0 Å². The van der Waals surface area contributed by atoms with E-state index in [9.17, 15) is 14.9 Å². The Morgan fingerprint density at radius 1 is 1.13 bits per heavy atom. The zero-order chi connectivity index (χ0) is 22.5. The van der Waals surface area contributed by atoms with Crippen LogP contribution in [-0.2, 0) is 9.53 Å². The lowest BCUT2D eigenvalue weighted by Crippen LogP contribution is -2.13. The number of nitrogens with one attached hydrogen (secondary N) is 1. The number of amides is 1. The van der Waals surface area contributed by atoms with Crippen LogP contribution >= 0.6 is 15.9 Å². The van der Waals surface area contributed by atoms with Crippen molar-refractivity contribution in [3.63, 3.8) is 0 Å². The van der Waals surface area contributed by atoms with Gasteiger partial charge in [0.1, 0.15) is 11.6 Å². The molecular formula is C24H20BrN3O3. The van der Waals surface area contributed by atoms with Gasteiger partial charge in [-0.2, -0.15) is 5.26 Å². The molecule has 6 nitrogen and oxygen atoms in total. The molecule has 0 saturated heterocycles. The van der Waals surface area contributed by atoms with Gasteiger partial charge in [-0.15, -0.1) is 0 Å². The molecule has 0 aliphatic heterocycles. The fraction of sp³-hybridized carbons (Fsp3) is 0.125. The molecule has 1 heterocycles. The van der Waals surface area contributed by atoms with Crippen LogP contribution in [0.4, 0.5) is 5.69 Å². The van der Waals surface area contributed by atoms with Crippen molar-refractivity contribution in [3.8, 4) is 11.8 Å². The molecular weight excluding hydrogens is 458 g/mol. The highest BCUT2D eigenvalue weighted by Crippen LogP contribution is 2.26. The average molecular weight is 478 g/mol. The van der Waals surface area contributed by atoms with Crippen molar-refractivity contribution >= 4 is 39.6 Å². The van der Waals surface area contributed by atoms with Crippen molar-refractivity contribution in [1.82, 2.24) is 4.57 Å². The lowest BCUT2D eigenvalue weighted by molar-refractivity contribution is -0.112. The quantitative estimate of drug-likeness (QED) is 0.311. The Hall–Kier alpha value is -3.63. The number of anilines is 1. The van der Waals surface area contributed by atoms with Crippen LogP contribution in [0.5, 0.6) is 0 Å². The first kappa shape index (κ1) is 22.1. The highest BCUT2D eigenvalue weighted by Gasteiger charge is 2.18. The van der Waals surface area contributed by atoms with Gasteiger partial charge >= 0.3 is 5.97 Å². The largest absolute Gasteiger partial charge is 0.465 e. The van der Waals surface area contributed by atoms with Gasteiger partial charge in [-0.05, 0) is 61.9 Å². The summed E-state index contributed by atoms with van der Waals surface area (Å²) in [6, 6.07) is 18.1. The lowest BCUT2D eigenvalue weighted by Gasteiger charge is -2.13. The summed E-state index contributed by atoms with van der Waals surface area (Å²) in [4.78, 5) is 24.8. The molecule has 3 aromatic rings. The average Bonchev–Trinajstić information content (AvgIpc) is 3.04. The van der Waals surface area contributed by atoms with Gasteiger partial charge in [0.05, 0.1) is 18.4 Å². The predicted octanol–water partition coefficient (Wildman–Crippen LogP) is 5.19. The standard InChI is InChI=1S/C24H20BrN3O3/c1-15-11-17(12-18(14-26)23(29)27-20-8-6-7-19(25)13-20)16(2)28(15)22-10-5-4-9-21(22)24(30)31-3/h4-13H,1-3H3,(H,27,29)/b18-12-. The fourth-order valence-electron chi connectivity index (χ4n) is 3.32. The van der Waals surface area contributed by atoms with Gasteiger partial charge in [-0.25, -0.2) is 4.79 Å². The molecule has 0 bridgehead atoms. The molecule has 0 unspecified atom stereocenters. The van der Waals surface area contributed by atoms with Gasteiger partial charge in [-0.3, -0.25) is 4.79 Å². The summed E-state index contributed by atoms with van der Waals surface area (Å²) in [6.45, 7) is 3.76. The minimum Gasteiger partial charge on any atom is -0.465 e. The minimum atomic E-state index is -0.500. The molecule has 3 rings (SSSR count). The van der Waals surface area contributed by atoms with Crippen molar-refractivity contribution in [2.75, 3.05) is 12.4 Å². The highest BCUT2D eigenvalue weighted by atomic mass is 79.9. The molecule has 0 aliphatic carbocycles. The summed E-state index contributed by atoms with van der Waals surface area (Å²) in [7, 11) is 1.34. The van der Waals surface area contributed by atoms with Gasteiger partial charge in [0, 0.05) is 21.5 Å². The number of carbonyl (C=O) groups excluding carboxylic acids is 2. The number of para-hydroxylation sites is 1. The second kappa shape index (κ2) is 9.45. The summed E-state index contributed by atoms with van der Waals surface area (Å²) in [5.74, 6) is -0.938. The topological polar surface area (TPSA) is 84.1 Å². The van der Waals surface area contributed by atoms with Gasteiger partial charge < -0.3 is 14.6 Å². The molecule has 0 radical (unpaired) electrons. The number of nitrogens with zero attached hydrogens (tertiary/aromatic N) is 2. The van der Waals surface area contributed by atoms with Crippen LogP contribution in [0.1, 0.15) is 27.3 Å². The number of rotatable bonds is 5. The molecule has 2 aromatic carbocycles. The number of nitriles is 1. The number of hydrogen-bond donors (Lipinski definition) is 1. The molecule has 0 fully saturated rings. The Labute approximate surface area is 188 Å². The van der Waals surface area contributed by atoms with Crippen LogP contribution in [0, 0.1) is 25.2 Å². The van der Waals surface area contributed by atoms with Crippen molar-refractivity contribution in [3.05, 3.63) is 87.2 Å². The first-order valence-corrected chi connectivity index (χ1v) is 10.2. The highest BCUT2D eigenvalue weighted by molar-refractivity contribution is 9.10. The molecule has 0 atom stereocenters. The van der Waals surface area contributed by atoms with Crippen LogP contribution < -0.4 is 5.32 Å². The fourth-order valence-corrected chi connectivity index (χ4v) is 3.72. The molecule has 1 aromatic heterocycles. The number of benzene rings is 2. The van der Waals surface area contributed by atoms with E-state index in [0.29, 0.717) is 22.5 Å². The Balaban J connectivity index is 2.00. The van der Waals surface area contributed by atoms with E-state index in [0.717, 1.165) is 15.9 Å². The Morgan fingerprint density at radius 2 is 1.87 bits per heavy atom. The zero-order valence-corrected chi connectivity index (χ0v) is 18.9. The summed E-state index contributed by atoms with van der Waals surface area (Å²) in [6.07, 6.45) is 1.55. The van der Waals surface area contributed by atoms with Crippen LogP contribution in [0.3, 0.4) is 0 Å². The second-order valence-electron chi connectivity index (χ2n) is 6.80. The van der Waals surface area contributed by atoms with E-state index in [-0.39, 0.29) is 5.57 Å². The summed E-state index contributed by atoms with van der Waals surface area (Å²) in [5.41, 5.74) is 4.00. The predicted molar refractivity (Wildman–Crippen MR) is 123 cm³/mol. The number of aromatic nitrogens is 1. The van der Waals surface area contributed by atoms with E-state index < -0.39 is 11.9 Å². The van der Waals surface area contributed by atoms with Gasteiger partial charge in [0.2, 0.25) is 0 Å². The SMILES string of the molecule is COC(=O)c1ccccc1-n1c(C)cc(/C=C(/C#N)C(=O)Nc2cccc(Br)c2)c1C. The molecule has 7 heteroatoms.